The lowest BCUT2D eigenvalue weighted by atomic mass is 9.86. The Morgan fingerprint density at radius 2 is 2.18 bits per heavy atom. The molecule has 0 aromatic heterocycles. The number of rotatable bonds is 2. The number of aliphatic imine (C=N–C) groups is 1. The van der Waals surface area contributed by atoms with Gasteiger partial charge in [0.25, 0.3) is 0 Å². The smallest absolute Gasteiger partial charge is 0.191 e. The van der Waals surface area contributed by atoms with Crippen LogP contribution >= 0.6 is 0 Å². The van der Waals surface area contributed by atoms with Gasteiger partial charge in [-0.1, -0.05) is 26.7 Å². The molecule has 3 heteroatoms. The quantitative estimate of drug-likeness (QED) is 0.802. The standard InChI is InChI=1S/C14H27N3/c1-4-17-13(15)16-10-14(17)8-5-6-12(7-9-14)11(2)3/h11-12H,4-10H2,1-3H3,(H2,15,16). The van der Waals surface area contributed by atoms with Gasteiger partial charge >= 0.3 is 0 Å². The fourth-order valence-corrected chi connectivity index (χ4v) is 3.65. The summed E-state index contributed by atoms with van der Waals surface area (Å²) >= 11 is 0. The zero-order valence-corrected chi connectivity index (χ0v) is 11.6. The summed E-state index contributed by atoms with van der Waals surface area (Å²) in [7, 11) is 0. The highest BCUT2D eigenvalue weighted by Gasteiger charge is 2.42. The van der Waals surface area contributed by atoms with E-state index in [0.717, 1.165) is 30.9 Å². The van der Waals surface area contributed by atoms with Gasteiger partial charge in [0, 0.05) is 6.54 Å². The van der Waals surface area contributed by atoms with Gasteiger partial charge in [-0.3, -0.25) is 4.99 Å². The fraction of sp³-hybridized carbons (Fsp3) is 0.929. The lowest BCUT2D eigenvalue weighted by Crippen LogP contribution is -2.51. The first-order chi connectivity index (χ1) is 8.09. The number of nitrogens with two attached hydrogens (primary N) is 1. The lowest BCUT2D eigenvalue weighted by molar-refractivity contribution is 0.178. The second-order valence-electron chi connectivity index (χ2n) is 6.08. The monoisotopic (exact) mass is 237 g/mol. The van der Waals surface area contributed by atoms with E-state index in [2.05, 4.69) is 30.7 Å². The van der Waals surface area contributed by atoms with Crippen LogP contribution in [-0.2, 0) is 0 Å². The van der Waals surface area contributed by atoms with Gasteiger partial charge in [-0.25, -0.2) is 0 Å². The zero-order valence-electron chi connectivity index (χ0n) is 11.6. The molecule has 98 valence electrons. The SMILES string of the molecule is CCN1C(N)=NCC12CCCC(C(C)C)CC2. The van der Waals surface area contributed by atoms with Crippen molar-refractivity contribution in [1.29, 1.82) is 0 Å². The van der Waals surface area contributed by atoms with Crippen LogP contribution in [-0.4, -0.2) is 29.5 Å². The number of hydrogen-bond acceptors (Lipinski definition) is 3. The first-order valence-electron chi connectivity index (χ1n) is 7.16. The molecule has 1 fully saturated rings. The van der Waals surface area contributed by atoms with Crippen LogP contribution in [0, 0.1) is 11.8 Å². The molecule has 2 aliphatic rings. The second-order valence-corrected chi connectivity index (χ2v) is 6.08. The predicted molar refractivity (Wildman–Crippen MR) is 73.0 cm³/mol. The van der Waals surface area contributed by atoms with Gasteiger partial charge < -0.3 is 10.6 Å². The maximum absolute atomic E-state index is 6.02. The number of likely N-dealkylation sites (N-methyl/N-ethyl adjacent to an activating group) is 1. The molecule has 0 bridgehead atoms. The van der Waals surface area contributed by atoms with E-state index in [1.807, 2.05) is 0 Å². The van der Waals surface area contributed by atoms with Crippen molar-refractivity contribution < 1.29 is 0 Å². The molecule has 1 aliphatic heterocycles. The summed E-state index contributed by atoms with van der Waals surface area (Å²) in [6, 6.07) is 0. The number of hydrogen-bond donors (Lipinski definition) is 1. The summed E-state index contributed by atoms with van der Waals surface area (Å²) in [4.78, 5) is 6.85. The molecule has 0 aromatic rings. The van der Waals surface area contributed by atoms with E-state index >= 15 is 0 Å². The third kappa shape index (κ3) is 2.29. The molecule has 0 aromatic carbocycles. The molecule has 1 saturated carbocycles. The van der Waals surface area contributed by atoms with Crippen molar-refractivity contribution in [3.8, 4) is 0 Å². The summed E-state index contributed by atoms with van der Waals surface area (Å²) in [5, 5.41) is 0. The zero-order chi connectivity index (χ0) is 12.5. The highest BCUT2D eigenvalue weighted by molar-refractivity contribution is 5.81. The van der Waals surface area contributed by atoms with Crippen LogP contribution in [0.1, 0.15) is 52.9 Å². The molecule has 0 saturated heterocycles. The topological polar surface area (TPSA) is 41.6 Å². The Balaban J connectivity index is 2.08. The third-order valence-corrected chi connectivity index (χ3v) is 4.84. The Labute approximate surface area is 105 Å². The van der Waals surface area contributed by atoms with Gasteiger partial charge in [-0.05, 0) is 38.0 Å². The van der Waals surface area contributed by atoms with Crippen LogP contribution in [0.2, 0.25) is 0 Å². The van der Waals surface area contributed by atoms with E-state index < -0.39 is 0 Å². The summed E-state index contributed by atoms with van der Waals surface area (Å²) < 4.78 is 0. The fourth-order valence-electron chi connectivity index (χ4n) is 3.65. The van der Waals surface area contributed by atoms with Crippen molar-refractivity contribution in [1.82, 2.24) is 4.90 Å². The largest absolute Gasteiger partial charge is 0.370 e. The predicted octanol–water partition coefficient (Wildman–Crippen LogP) is 2.61. The molecule has 0 radical (unpaired) electrons. The van der Waals surface area contributed by atoms with Crippen LogP contribution in [0.5, 0.6) is 0 Å². The van der Waals surface area contributed by atoms with Crippen LogP contribution in [0.3, 0.4) is 0 Å². The van der Waals surface area contributed by atoms with Crippen molar-refractivity contribution in [2.45, 2.75) is 58.4 Å². The highest BCUT2D eigenvalue weighted by atomic mass is 15.3. The van der Waals surface area contributed by atoms with Crippen molar-refractivity contribution >= 4 is 5.96 Å². The average Bonchev–Trinajstić information content (AvgIpc) is 2.49. The van der Waals surface area contributed by atoms with Gasteiger partial charge in [-0.15, -0.1) is 0 Å². The maximum atomic E-state index is 6.02. The molecule has 3 nitrogen and oxygen atoms in total. The number of guanidine groups is 1. The van der Waals surface area contributed by atoms with E-state index in [1.54, 1.807) is 0 Å². The first-order valence-corrected chi connectivity index (χ1v) is 7.16. The van der Waals surface area contributed by atoms with Crippen molar-refractivity contribution in [2.75, 3.05) is 13.1 Å². The summed E-state index contributed by atoms with van der Waals surface area (Å²) in [5.41, 5.74) is 6.28. The minimum absolute atomic E-state index is 0.266. The summed E-state index contributed by atoms with van der Waals surface area (Å²) in [6.07, 6.45) is 6.61. The molecule has 1 heterocycles. The minimum Gasteiger partial charge on any atom is -0.370 e. The van der Waals surface area contributed by atoms with Gasteiger partial charge in [0.05, 0.1) is 12.1 Å². The molecule has 2 atom stereocenters. The molecule has 2 N–H and O–H groups in total. The van der Waals surface area contributed by atoms with E-state index in [-0.39, 0.29) is 5.54 Å². The van der Waals surface area contributed by atoms with Gasteiger partial charge in [-0.2, -0.15) is 0 Å². The van der Waals surface area contributed by atoms with E-state index in [0.29, 0.717) is 0 Å². The molecule has 1 aliphatic carbocycles. The molecule has 1 spiro atoms. The van der Waals surface area contributed by atoms with Crippen LogP contribution < -0.4 is 5.73 Å². The van der Waals surface area contributed by atoms with Crippen molar-refractivity contribution in [3.05, 3.63) is 0 Å². The van der Waals surface area contributed by atoms with Gasteiger partial charge in [0.2, 0.25) is 0 Å². The normalized spacial score (nSPS) is 34.2. The molecular weight excluding hydrogens is 210 g/mol. The van der Waals surface area contributed by atoms with Gasteiger partial charge in [0.1, 0.15) is 0 Å². The first kappa shape index (κ1) is 12.7. The van der Waals surface area contributed by atoms with E-state index in [1.165, 1.54) is 32.1 Å². The highest BCUT2D eigenvalue weighted by Crippen LogP contribution is 2.39. The molecule has 17 heavy (non-hydrogen) atoms. The lowest BCUT2D eigenvalue weighted by Gasteiger charge is -2.38. The van der Waals surface area contributed by atoms with Crippen LogP contribution in [0.25, 0.3) is 0 Å². The third-order valence-electron chi connectivity index (χ3n) is 4.84. The molecule has 2 rings (SSSR count). The Bertz CT molecular complexity index is 298. The van der Waals surface area contributed by atoms with Crippen molar-refractivity contribution in [3.63, 3.8) is 0 Å². The van der Waals surface area contributed by atoms with Gasteiger partial charge in [0.15, 0.2) is 5.96 Å². The molecular formula is C14H27N3. The Kier molecular flexibility index (Phi) is 3.64. The number of nitrogens with zero attached hydrogens (tertiary/aromatic N) is 2. The minimum atomic E-state index is 0.266. The maximum Gasteiger partial charge on any atom is 0.191 e. The Hall–Kier alpha value is -0.730. The van der Waals surface area contributed by atoms with E-state index in [4.69, 9.17) is 5.73 Å². The summed E-state index contributed by atoms with van der Waals surface area (Å²) in [5.74, 6) is 2.49. The molecule has 2 unspecified atom stereocenters. The van der Waals surface area contributed by atoms with Crippen molar-refractivity contribution in [2.24, 2.45) is 22.6 Å². The second kappa shape index (κ2) is 4.87. The average molecular weight is 237 g/mol. The van der Waals surface area contributed by atoms with Crippen LogP contribution in [0.4, 0.5) is 0 Å². The van der Waals surface area contributed by atoms with Crippen LogP contribution in [0.15, 0.2) is 4.99 Å². The summed E-state index contributed by atoms with van der Waals surface area (Å²) in [6.45, 7) is 8.85. The Morgan fingerprint density at radius 3 is 2.82 bits per heavy atom. The van der Waals surface area contributed by atoms with E-state index in [9.17, 15) is 0 Å². The Morgan fingerprint density at radius 1 is 1.41 bits per heavy atom. The molecule has 0 amide bonds.